The van der Waals surface area contributed by atoms with Gasteiger partial charge in [-0.1, -0.05) is 29.8 Å². The Bertz CT molecular complexity index is 1090. The molecule has 7 nitrogen and oxygen atoms in total. The molecule has 1 aromatic heterocycles. The van der Waals surface area contributed by atoms with Crippen LogP contribution in [0.5, 0.6) is 0 Å². The van der Waals surface area contributed by atoms with E-state index >= 15 is 0 Å². The molecule has 156 valence electrons. The molecule has 0 radical (unpaired) electrons. The highest BCUT2D eigenvalue weighted by Crippen LogP contribution is 2.26. The van der Waals surface area contributed by atoms with Crippen molar-refractivity contribution in [2.45, 2.75) is 40.0 Å². The number of hydrogen-bond acceptors (Lipinski definition) is 3. The fourth-order valence-electron chi connectivity index (χ4n) is 3.44. The van der Waals surface area contributed by atoms with Crippen LogP contribution in [0.25, 0.3) is 10.9 Å². The zero-order valence-electron chi connectivity index (χ0n) is 17.4. The first-order valence-electron chi connectivity index (χ1n) is 9.84. The van der Waals surface area contributed by atoms with Gasteiger partial charge in [0.25, 0.3) is 0 Å². The minimum absolute atomic E-state index is 0.0244. The van der Waals surface area contributed by atoms with Crippen molar-refractivity contribution < 1.29 is 14.4 Å². The summed E-state index contributed by atoms with van der Waals surface area (Å²) in [4.78, 5) is 39.5. The van der Waals surface area contributed by atoms with Crippen LogP contribution in [0.4, 0.5) is 5.69 Å². The van der Waals surface area contributed by atoms with Crippen LogP contribution < -0.4 is 16.2 Å². The van der Waals surface area contributed by atoms with Crippen molar-refractivity contribution in [1.29, 1.82) is 0 Å². The van der Waals surface area contributed by atoms with Gasteiger partial charge in [-0.05, 0) is 50.1 Å². The summed E-state index contributed by atoms with van der Waals surface area (Å²) in [6.07, 6.45) is 0.143. The van der Waals surface area contributed by atoms with Gasteiger partial charge in [0, 0.05) is 35.1 Å². The largest absolute Gasteiger partial charge is 0.358 e. The van der Waals surface area contributed by atoms with Crippen molar-refractivity contribution in [2.24, 2.45) is 0 Å². The Morgan fingerprint density at radius 2 is 1.53 bits per heavy atom. The molecule has 0 fully saturated rings. The van der Waals surface area contributed by atoms with Gasteiger partial charge in [0.2, 0.25) is 17.7 Å². The predicted octanol–water partition coefficient (Wildman–Crippen LogP) is 3.20. The quantitative estimate of drug-likeness (QED) is 0.473. The summed E-state index contributed by atoms with van der Waals surface area (Å²) in [5.74, 6) is -1.00. The van der Waals surface area contributed by atoms with E-state index in [2.05, 4.69) is 33.3 Å². The zero-order chi connectivity index (χ0) is 21.7. The lowest BCUT2D eigenvalue weighted by Crippen LogP contribution is -2.42. The van der Waals surface area contributed by atoms with Gasteiger partial charge in [0.1, 0.15) is 0 Å². The second-order valence-electron chi connectivity index (χ2n) is 7.42. The van der Waals surface area contributed by atoms with E-state index in [1.165, 1.54) is 0 Å². The third kappa shape index (κ3) is 5.26. The normalized spacial score (nSPS) is 10.6. The summed E-state index contributed by atoms with van der Waals surface area (Å²) in [5.41, 5.74) is 10.6. The average molecular weight is 406 g/mol. The predicted molar refractivity (Wildman–Crippen MR) is 117 cm³/mol. The Kier molecular flexibility index (Phi) is 6.51. The molecule has 30 heavy (non-hydrogen) atoms. The summed E-state index contributed by atoms with van der Waals surface area (Å²) in [5, 5.41) is 3.73. The second-order valence-corrected chi connectivity index (χ2v) is 7.42. The Hall–Kier alpha value is -3.61. The van der Waals surface area contributed by atoms with E-state index in [-0.39, 0.29) is 31.1 Å². The molecule has 0 bridgehead atoms. The van der Waals surface area contributed by atoms with Crippen molar-refractivity contribution in [3.05, 3.63) is 64.8 Å². The molecule has 4 N–H and O–H groups in total. The highest BCUT2D eigenvalue weighted by molar-refractivity contribution is 5.94. The lowest BCUT2D eigenvalue weighted by atomic mass is 10.0. The van der Waals surface area contributed by atoms with Gasteiger partial charge in [-0.25, -0.2) is 0 Å². The number of rotatable bonds is 6. The Morgan fingerprint density at radius 3 is 2.27 bits per heavy atom. The molecule has 2 aromatic carbocycles. The maximum atomic E-state index is 12.3. The second kappa shape index (κ2) is 9.26. The van der Waals surface area contributed by atoms with E-state index in [0.29, 0.717) is 5.69 Å². The summed E-state index contributed by atoms with van der Waals surface area (Å²) in [6.45, 7) is 5.98. The molecule has 0 aliphatic heterocycles. The molecule has 0 saturated heterocycles. The van der Waals surface area contributed by atoms with Crippen LogP contribution in [0.3, 0.4) is 0 Å². The molecular formula is C23H26N4O3. The number of hydrogen-bond donors (Lipinski definition) is 4. The molecule has 0 aliphatic rings. The molecular weight excluding hydrogens is 380 g/mol. The molecule has 3 amide bonds. The highest BCUT2D eigenvalue weighted by atomic mass is 16.2. The molecule has 0 spiro atoms. The molecule has 0 atom stereocenters. The fourth-order valence-corrected chi connectivity index (χ4v) is 3.44. The Balaban J connectivity index is 1.49. The van der Waals surface area contributed by atoms with Crippen LogP contribution in [0.2, 0.25) is 0 Å². The van der Waals surface area contributed by atoms with Crippen molar-refractivity contribution in [3.8, 4) is 0 Å². The van der Waals surface area contributed by atoms with Crippen molar-refractivity contribution in [2.75, 3.05) is 5.32 Å². The van der Waals surface area contributed by atoms with Gasteiger partial charge in [0.05, 0.1) is 6.42 Å². The number of aromatic nitrogens is 1. The average Bonchev–Trinajstić information content (AvgIpc) is 3.01. The van der Waals surface area contributed by atoms with Crippen LogP contribution >= 0.6 is 0 Å². The first-order chi connectivity index (χ1) is 14.3. The van der Waals surface area contributed by atoms with E-state index in [1.54, 1.807) is 12.1 Å². The molecule has 0 unspecified atom stereocenters. The first-order valence-corrected chi connectivity index (χ1v) is 9.84. The van der Waals surface area contributed by atoms with Gasteiger partial charge < -0.3 is 10.3 Å². The summed E-state index contributed by atoms with van der Waals surface area (Å²) < 4.78 is 0. The van der Waals surface area contributed by atoms with Gasteiger partial charge in [-0.3, -0.25) is 25.2 Å². The minimum Gasteiger partial charge on any atom is -0.358 e. The molecule has 0 aliphatic carbocycles. The third-order valence-corrected chi connectivity index (χ3v) is 4.89. The van der Waals surface area contributed by atoms with Crippen LogP contribution in [0.15, 0.2) is 42.5 Å². The number of amides is 3. The Labute approximate surface area is 175 Å². The van der Waals surface area contributed by atoms with Crippen LogP contribution in [0, 0.1) is 20.8 Å². The molecule has 3 rings (SSSR count). The number of aromatic amines is 1. The molecule has 7 heteroatoms. The van der Waals surface area contributed by atoms with Gasteiger partial charge in [-0.15, -0.1) is 0 Å². The van der Waals surface area contributed by atoms with Crippen LogP contribution in [-0.4, -0.2) is 22.7 Å². The molecule has 3 aromatic rings. The standard InChI is InChI=1S/C23H26N4O3/c1-14-11-15(2)23-19(12-14)18(16(3)24-23)13-22(30)27-26-21(29)10-9-20(28)25-17-7-5-4-6-8-17/h4-8,11-12,24H,9-10,13H2,1-3H3,(H,25,28)(H,26,29)(H,27,30). The fraction of sp³-hybridized carbons (Fsp3) is 0.261. The van der Waals surface area contributed by atoms with E-state index in [4.69, 9.17) is 0 Å². The number of H-pyrrole nitrogens is 1. The maximum Gasteiger partial charge on any atom is 0.242 e. The topological polar surface area (TPSA) is 103 Å². The van der Waals surface area contributed by atoms with Crippen LogP contribution in [0.1, 0.15) is 35.2 Å². The summed E-state index contributed by atoms with van der Waals surface area (Å²) in [6, 6.07) is 13.2. The molecule has 0 saturated carbocycles. The number of fused-ring (bicyclic) bond motifs is 1. The van der Waals surface area contributed by atoms with E-state index in [1.807, 2.05) is 39.0 Å². The van der Waals surface area contributed by atoms with Gasteiger partial charge in [-0.2, -0.15) is 0 Å². The lowest BCUT2D eigenvalue weighted by molar-refractivity contribution is -0.129. The van der Waals surface area contributed by atoms with E-state index in [9.17, 15) is 14.4 Å². The van der Waals surface area contributed by atoms with Crippen molar-refractivity contribution >= 4 is 34.3 Å². The lowest BCUT2D eigenvalue weighted by Gasteiger charge is -2.08. The van der Waals surface area contributed by atoms with Gasteiger partial charge >= 0.3 is 0 Å². The van der Waals surface area contributed by atoms with Crippen molar-refractivity contribution in [1.82, 2.24) is 15.8 Å². The monoisotopic (exact) mass is 406 g/mol. The van der Waals surface area contributed by atoms with Crippen LogP contribution in [-0.2, 0) is 20.8 Å². The van der Waals surface area contributed by atoms with E-state index in [0.717, 1.165) is 33.3 Å². The minimum atomic E-state index is -0.422. The SMILES string of the molecule is Cc1cc(C)c2[nH]c(C)c(CC(=O)NNC(=O)CCC(=O)Nc3ccccc3)c2c1. The number of para-hydroxylation sites is 1. The number of nitrogens with one attached hydrogen (secondary N) is 4. The van der Waals surface area contributed by atoms with Crippen molar-refractivity contribution in [3.63, 3.8) is 0 Å². The number of carbonyl (C=O) groups excluding carboxylic acids is 3. The number of aryl methyl sites for hydroxylation is 3. The maximum absolute atomic E-state index is 12.3. The Morgan fingerprint density at radius 1 is 0.867 bits per heavy atom. The summed E-state index contributed by atoms with van der Waals surface area (Å²) >= 11 is 0. The van der Waals surface area contributed by atoms with Gasteiger partial charge in [0.15, 0.2) is 0 Å². The number of anilines is 1. The highest BCUT2D eigenvalue weighted by Gasteiger charge is 2.15. The first kappa shape index (κ1) is 21.1. The number of carbonyl (C=O) groups is 3. The molecule has 1 heterocycles. The smallest absolute Gasteiger partial charge is 0.242 e. The number of benzene rings is 2. The summed E-state index contributed by atoms with van der Waals surface area (Å²) in [7, 11) is 0. The van der Waals surface area contributed by atoms with E-state index < -0.39 is 5.91 Å². The third-order valence-electron chi connectivity index (χ3n) is 4.89. The zero-order valence-corrected chi connectivity index (χ0v) is 17.4. The number of hydrazine groups is 1.